The van der Waals surface area contributed by atoms with E-state index in [0.29, 0.717) is 0 Å². The lowest BCUT2D eigenvalue weighted by Crippen LogP contribution is -2.05. The molecule has 0 radical (unpaired) electrons. The summed E-state index contributed by atoms with van der Waals surface area (Å²) in [6.45, 7) is 0. The Morgan fingerprint density at radius 1 is 1.47 bits per heavy atom. The Morgan fingerprint density at radius 2 is 2.13 bits per heavy atom. The van der Waals surface area contributed by atoms with E-state index in [-0.39, 0.29) is 16.9 Å². The van der Waals surface area contributed by atoms with Gasteiger partial charge in [0.15, 0.2) is 11.6 Å². The van der Waals surface area contributed by atoms with Crippen molar-refractivity contribution in [3.05, 3.63) is 29.1 Å². The molecule has 1 aromatic rings. The van der Waals surface area contributed by atoms with Crippen molar-refractivity contribution >= 4 is 5.97 Å². The van der Waals surface area contributed by atoms with Crippen molar-refractivity contribution in [2.24, 2.45) is 0 Å². The van der Waals surface area contributed by atoms with Gasteiger partial charge < -0.3 is 9.47 Å². The van der Waals surface area contributed by atoms with Crippen molar-refractivity contribution in [3.63, 3.8) is 0 Å². The van der Waals surface area contributed by atoms with Crippen LogP contribution in [0, 0.1) is 17.1 Å². The van der Waals surface area contributed by atoms with E-state index in [1.165, 1.54) is 7.11 Å². The van der Waals surface area contributed by atoms with E-state index >= 15 is 0 Å². The number of rotatable bonds is 2. The van der Waals surface area contributed by atoms with Crippen molar-refractivity contribution in [1.29, 1.82) is 5.26 Å². The number of benzene rings is 1. The number of hydrogen-bond acceptors (Lipinski definition) is 4. The Labute approximate surface area is 85.8 Å². The van der Waals surface area contributed by atoms with Gasteiger partial charge in [-0.1, -0.05) is 0 Å². The standard InChI is InChI=1S/C10H8FNO3/c1-14-9-3-6(5-12)7(4-8(9)11)10(13)15-2/h3-4H,1-2H3. The molecule has 0 heterocycles. The van der Waals surface area contributed by atoms with Crippen LogP contribution in [0.25, 0.3) is 0 Å². The van der Waals surface area contributed by atoms with E-state index in [9.17, 15) is 9.18 Å². The van der Waals surface area contributed by atoms with Crippen molar-refractivity contribution in [3.8, 4) is 11.8 Å². The monoisotopic (exact) mass is 209 g/mol. The van der Waals surface area contributed by atoms with Gasteiger partial charge in [-0.15, -0.1) is 0 Å². The third-order valence-electron chi connectivity index (χ3n) is 1.82. The van der Waals surface area contributed by atoms with Gasteiger partial charge in [-0.3, -0.25) is 0 Å². The Morgan fingerprint density at radius 3 is 2.60 bits per heavy atom. The lowest BCUT2D eigenvalue weighted by atomic mass is 10.1. The molecular weight excluding hydrogens is 201 g/mol. The summed E-state index contributed by atoms with van der Waals surface area (Å²) in [5.41, 5.74) is -0.0987. The molecule has 0 atom stereocenters. The highest BCUT2D eigenvalue weighted by molar-refractivity contribution is 5.92. The maximum absolute atomic E-state index is 13.2. The molecule has 0 saturated carbocycles. The fourth-order valence-corrected chi connectivity index (χ4v) is 1.08. The van der Waals surface area contributed by atoms with Crippen LogP contribution in [0.5, 0.6) is 5.75 Å². The third-order valence-corrected chi connectivity index (χ3v) is 1.82. The minimum Gasteiger partial charge on any atom is -0.494 e. The topological polar surface area (TPSA) is 59.3 Å². The SMILES string of the molecule is COC(=O)c1cc(F)c(OC)cc1C#N. The molecule has 0 aliphatic heterocycles. The fraction of sp³-hybridized carbons (Fsp3) is 0.200. The van der Waals surface area contributed by atoms with Crippen LogP contribution in [0.15, 0.2) is 12.1 Å². The van der Waals surface area contributed by atoms with Crippen LogP contribution in [0.2, 0.25) is 0 Å². The first-order valence-electron chi connectivity index (χ1n) is 4.00. The molecule has 1 aromatic carbocycles. The van der Waals surface area contributed by atoms with E-state index in [4.69, 9.17) is 5.26 Å². The smallest absolute Gasteiger partial charge is 0.339 e. The van der Waals surface area contributed by atoms with Gasteiger partial charge in [0.2, 0.25) is 0 Å². The summed E-state index contributed by atoms with van der Waals surface area (Å²) >= 11 is 0. The van der Waals surface area contributed by atoms with Gasteiger partial charge in [0.1, 0.15) is 6.07 Å². The molecule has 0 saturated heterocycles. The number of carbonyl (C=O) groups excluding carboxylic acids is 1. The maximum Gasteiger partial charge on any atom is 0.339 e. The number of methoxy groups -OCH3 is 2. The van der Waals surface area contributed by atoms with Gasteiger partial charge in [0, 0.05) is 6.07 Å². The number of nitrogens with zero attached hydrogens (tertiary/aromatic N) is 1. The minimum absolute atomic E-state index is 0.0140. The Bertz CT molecular complexity index is 437. The molecular formula is C10H8FNO3. The van der Waals surface area contributed by atoms with Crippen molar-refractivity contribution in [2.45, 2.75) is 0 Å². The Balaban J connectivity index is 3.35. The summed E-state index contributed by atoms with van der Waals surface area (Å²) in [5.74, 6) is -1.55. The zero-order valence-electron chi connectivity index (χ0n) is 8.20. The Hall–Kier alpha value is -2.09. The average Bonchev–Trinajstić information content (AvgIpc) is 2.27. The molecule has 0 aliphatic carbocycles. The number of carbonyl (C=O) groups is 1. The van der Waals surface area contributed by atoms with Crippen LogP contribution in [-0.4, -0.2) is 20.2 Å². The average molecular weight is 209 g/mol. The molecule has 0 fully saturated rings. The maximum atomic E-state index is 13.2. The highest BCUT2D eigenvalue weighted by atomic mass is 19.1. The van der Waals surface area contributed by atoms with Crippen LogP contribution < -0.4 is 4.74 Å². The number of halogens is 1. The Kier molecular flexibility index (Phi) is 3.24. The van der Waals surface area contributed by atoms with Crippen molar-refractivity contribution < 1.29 is 18.7 Å². The molecule has 15 heavy (non-hydrogen) atoms. The number of nitriles is 1. The molecule has 78 valence electrons. The van der Waals surface area contributed by atoms with Gasteiger partial charge in [0.05, 0.1) is 25.3 Å². The molecule has 0 N–H and O–H groups in total. The van der Waals surface area contributed by atoms with E-state index in [2.05, 4.69) is 9.47 Å². The van der Waals surface area contributed by atoms with Crippen molar-refractivity contribution in [2.75, 3.05) is 14.2 Å². The van der Waals surface area contributed by atoms with E-state index in [1.807, 2.05) is 0 Å². The van der Waals surface area contributed by atoms with Crippen LogP contribution >= 0.6 is 0 Å². The fourth-order valence-electron chi connectivity index (χ4n) is 1.08. The van der Waals surface area contributed by atoms with Crippen LogP contribution in [0.3, 0.4) is 0 Å². The molecule has 4 nitrogen and oxygen atoms in total. The first kappa shape index (κ1) is 11.0. The quantitative estimate of drug-likeness (QED) is 0.692. The normalized spacial score (nSPS) is 9.20. The van der Waals surface area contributed by atoms with E-state index < -0.39 is 11.8 Å². The second-order valence-electron chi connectivity index (χ2n) is 2.64. The van der Waals surface area contributed by atoms with Crippen LogP contribution in [-0.2, 0) is 4.74 Å². The second-order valence-corrected chi connectivity index (χ2v) is 2.64. The summed E-state index contributed by atoms with van der Waals surface area (Å²) in [6.07, 6.45) is 0. The summed E-state index contributed by atoms with van der Waals surface area (Å²) in [4.78, 5) is 11.2. The summed E-state index contributed by atoms with van der Waals surface area (Å²) in [6, 6.07) is 3.84. The van der Waals surface area contributed by atoms with Gasteiger partial charge in [0.25, 0.3) is 0 Å². The van der Waals surface area contributed by atoms with Gasteiger partial charge in [-0.25, -0.2) is 9.18 Å². The number of esters is 1. The largest absolute Gasteiger partial charge is 0.494 e. The zero-order chi connectivity index (χ0) is 11.4. The van der Waals surface area contributed by atoms with Crippen LogP contribution in [0.1, 0.15) is 15.9 Å². The lowest BCUT2D eigenvalue weighted by Gasteiger charge is -2.05. The second kappa shape index (κ2) is 4.42. The highest BCUT2D eigenvalue weighted by Gasteiger charge is 2.16. The summed E-state index contributed by atoms with van der Waals surface area (Å²) in [7, 11) is 2.43. The summed E-state index contributed by atoms with van der Waals surface area (Å²) < 4.78 is 22.3. The van der Waals surface area contributed by atoms with Gasteiger partial charge in [-0.05, 0) is 6.07 Å². The first-order valence-corrected chi connectivity index (χ1v) is 4.00. The van der Waals surface area contributed by atoms with Crippen LogP contribution in [0.4, 0.5) is 4.39 Å². The predicted molar refractivity (Wildman–Crippen MR) is 49.0 cm³/mol. The summed E-state index contributed by atoms with van der Waals surface area (Å²) in [5, 5.41) is 8.74. The molecule has 0 spiro atoms. The molecule has 0 amide bonds. The number of ether oxygens (including phenoxy) is 2. The highest BCUT2D eigenvalue weighted by Crippen LogP contribution is 2.22. The van der Waals surface area contributed by atoms with E-state index in [0.717, 1.165) is 19.2 Å². The molecule has 0 aromatic heterocycles. The molecule has 1 rings (SSSR count). The zero-order valence-corrected chi connectivity index (χ0v) is 8.20. The first-order chi connectivity index (χ1) is 7.13. The predicted octanol–water partition coefficient (Wildman–Crippen LogP) is 1.49. The molecule has 0 unspecified atom stereocenters. The van der Waals surface area contributed by atoms with Crippen molar-refractivity contribution in [1.82, 2.24) is 0 Å². The minimum atomic E-state index is -0.756. The molecule has 5 heteroatoms. The lowest BCUT2D eigenvalue weighted by molar-refractivity contribution is 0.0599. The molecule has 0 bridgehead atoms. The van der Waals surface area contributed by atoms with E-state index in [1.54, 1.807) is 6.07 Å². The third kappa shape index (κ3) is 2.05. The van der Waals surface area contributed by atoms with Gasteiger partial charge >= 0.3 is 5.97 Å². The molecule has 0 aliphatic rings. The van der Waals surface area contributed by atoms with Gasteiger partial charge in [-0.2, -0.15) is 5.26 Å². The number of hydrogen-bond donors (Lipinski definition) is 0.